The highest BCUT2D eigenvalue weighted by Crippen LogP contribution is 2.28. The number of rotatable bonds is 2. The number of nitrogens with zero attached hydrogens (tertiary/aromatic N) is 2. The van der Waals surface area contributed by atoms with Gasteiger partial charge in [-0.3, -0.25) is 0 Å². The van der Waals surface area contributed by atoms with E-state index in [0.717, 1.165) is 6.20 Å². The normalized spacial score (nSPS) is 10.3. The molecule has 0 unspecified atom stereocenters. The second-order valence-corrected chi connectivity index (χ2v) is 3.42. The van der Waals surface area contributed by atoms with Gasteiger partial charge in [0, 0.05) is 11.8 Å². The molecule has 0 saturated carbocycles. The molecule has 0 atom stereocenters. The SMILES string of the molecule is N#Cc1c(C(F)F)cnc(Br)c1CCl. The van der Waals surface area contributed by atoms with Gasteiger partial charge in [-0.2, -0.15) is 5.26 Å². The molecule has 0 bridgehead atoms. The highest BCUT2D eigenvalue weighted by atomic mass is 79.9. The fraction of sp³-hybridized carbons (Fsp3) is 0.250. The van der Waals surface area contributed by atoms with Crippen LogP contribution in [0.2, 0.25) is 0 Å². The van der Waals surface area contributed by atoms with Gasteiger partial charge in [-0.15, -0.1) is 11.6 Å². The minimum absolute atomic E-state index is 0.0307. The maximum Gasteiger partial charge on any atom is 0.266 e. The zero-order valence-electron chi connectivity index (χ0n) is 6.77. The predicted molar refractivity (Wildman–Crippen MR) is 51.2 cm³/mol. The van der Waals surface area contributed by atoms with Crippen molar-refractivity contribution in [1.29, 1.82) is 5.26 Å². The first-order valence-corrected chi connectivity index (χ1v) is 4.86. The van der Waals surface area contributed by atoms with Crippen molar-refractivity contribution in [1.82, 2.24) is 4.98 Å². The molecule has 0 saturated heterocycles. The Morgan fingerprint density at radius 1 is 1.64 bits per heavy atom. The quantitative estimate of drug-likeness (QED) is 0.615. The van der Waals surface area contributed by atoms with Crippen LogP contribution in [0.3, 0.4) is 0 Å². The van der Waals surface area contributed by atoms with Gasteiger partial charge in [0.15, 0.2) is 0 Å². The van der Waals surface area contributed by atoms with E-state index in [9.17, 15) is 8.78 Å². The molecule has 6 heteroatoms. The molecule has 0 radical (unpaired) electrons. The molecule has 74 valence electrons. The largest absolute Gasteiger partial charge is 0.266 e. The maximum absolute atomic E-state index is 12.4. The number of hydrogen-bond acceptors (Lipinski definition) is 2. The zero-order valence-corrected chi connectivity index (χ0v) is 9.11. The molecule has 0 N–H and O–H groups in total. The minimum Gasteiger partial charge on any atom is -0.248 e. The first-order chi connectivity index (χ1) is 6.61. The Balaban J connectivity index is 3.43. The molecular formula is C8H4BrClF2N2. The summed E-state index contributed by atoms with van der Waals surface area (Å²) in [4.78, 5) is 3.68. The third kappa shape index (κ3) is 2.02. The number of nitriles is 1. The van der Waals surface area contributed by atoms with E-state index >= 15 is 0 Å². The van der Waals surface area contributed by atoms with Crippen molar-refractivity contribution >= 4 is 27.5 Å². The van der Waals surface area contributed by atoms with Crippen molar-refractivity contribution in [3.8, 4) is 6.07 Å². The molecular weight excluding hydrogens is 277 g/mol. The van der Waals surface area contributed by atoms with E-state index < -0.39 is 6.43 Å². The monoisotopic (exact) mass is 280 g/mol. The Morgan fingerprint density at radius 3 is 2.71 bits per heavy atom. The summed E-state index contributed by atoms with van der Waals surface area (Å²) < 4.78 is 25.2. The van der Waals surface area contributed by atoms with E-state index in [-0.39, 0.29) is 17.0 Å². The van der Waals surface area contributed by atoms with Crippen molar-refractivity contribution in [3.05, 3.63) is 27.5 Å². The first kappa shape index (κ1) is 11.3. The summed E-state index contributed by atoms with van der Waals surface area (Å²) in [5, 5.41) is 8.71. The summed E-state index contributed by atoms with van der Waals surface area (Å²) in [6.45, 7) is 0. The smallest absolute Gasteiger partial charge is 0.248 e. The van der Waals surface area contributed by atoms with Crippen molar-refractivity contribution in [2.75, 3.05) is 0 Å². The highest BCUT2D eigenvalue weighted by Gasteiger charge is 2.18. The Hall–Kier alpha value is -0.730. The number of pyridine rings is 1. The average molecular weight is 281 g/mol. The van der Waals surface area contributed by atoms with Crippen LogP contribution in [0.15, 0.2) is 10.8 Å². The Kier molecular flexibility index (Phi) is 3.78. The molecule has 0 aliphatic heterocycles. The first-order valence-electron chi connectivity index (χ1n) is 3.53. The van der Waals surface area contributed by atoms with Crippen molar-refractivity contribution in [3.63, 3.8) is 0 Å². The Labute approximate surface area is 92.6 Å². The van der Waals surface area contributed by atoms with Gasteiger partial charge in [0.1, 0.15) is 10.7 Å². The fourth-order valence-corrected chi connectivity index (χ4v) is 1.83. The molecule has 1 rings (SSSR count). The van der Waals surface area contributed by atoms with Crippen LogP contribution in [0.5, 0.6) is 0 Å². The second kappa shape index (κ2) is 4.67. The molecule has 0 fully saturated rings. The summed E-state index contributed by atoms with van der Waals surface area (Å²) in [5.74, 6) is -0.0307. The van der Waals surface area contributed by atoms with E-state index in [1.807, 2.05) is 0 Å². The molecule has 0 aliphatic carbocycles. The second-order valence-electron chi connectivity index (χ2n) is 2.40. The van der Waals surface area contributed by atoms with E-state index in [4.69, 9.17) is 16.9 Å². The van der Waals surface area contributed by atoms with Crippen LogP contribution in [0.1, 0.15) is 23.1 Å². The predicted octanol–water partition coefficient (Wildman–Crippen LogP) is 3.39. The summed E-state index contributed by atoms with van der Waals surface area (Å²) in [7, 11) is 0. The average Bonchev–Trinajstić information content (AvgIpc) is 2.16. The highest BCUT2D eigenvalue weighted by molar-refractivity contribution is 9.10. The molecule has 1 heterocycles. The molecule has 1 aromatic rings. The molecule has 2 nitrogen and oxygen atoms in total. The van der Waals surface area contributed by atoms with Crippen molar-refractivity contribution in [2.24, 2.45) is 0 Å². The maximum atomic E-state index is 12.4. The lowest BCUT2D eigenvalue weighted by atomic mass is 10.1. The Morgan fingerprint density at radius 2 is 2.29 bits per heavy atom. The third-order valence-corrected chi connectivity index (χ3v) is 2.59. The lowest BCUT2D eigenvalue weighted by molar-refractivity contribution is 0.150. The summed E-state index contributed by atoms with van der Waals surface area (Å²) in [5.41, 5.74) is -0.185. The topological polar surface area (TPSA) is 36.7 Å². The standard InChI is InChI=1S/C8H4BrClF2N2/c9-7-4(1-10)5(2-13)6(3-14-7)8(11)12/h3,8H,1H2. The fourth-order valence-electron chi connectivity index (χ4n) is 0.965. The van der Waals surface area contributed by atoms with Gasteiger partial charge in [0.05, 0.1) is 17.0 Å². The third-order valence-electron chi connectivity index (χ3n) is 1.64. The van der Waals surface area contributed by atoms with E-state index in [2.05, 4.69) is 20.9 Å². The lowest BCUT2D eigenvalue weighted by Crippen LogP contribution is -1.99. The molecule has 1 aromatic heterocycles. The van der Waals surface area contributed by atoms with Crippen LogP contribution in [0.4, 0.5) is 8.78 Å². The van der Waals surface area contributed by atoms with Crippen molar-refractivity contribution < 1.29 is 8.78 Å². The molecule has 14 heavy (non-hydrogen) atoms. The summed E-state index contributed by atoms with van der Waals surface area (Å²) in [6.07, 6.45) is -1.74. The van der Waals surface area contributed by atoms with Gasteiger partial charge in [-0.25, -0.2) is 13.8 Å². The van der Waals surface area contributed by atoms with E-state index in [1.165, 1.54) is 0 Å². The van der Waals surface area contributed by atoms with Gasteiger partial charge < -0.3 is 0 Å². The number of halogens is 4. The van der Waals surface area contributed by atoms with Gasteiger partial charge in [-0.1, -0.05) is 0 Å². The number of aromatic nitrogens is 1. The van der Waals surface area contributed by atoms with Crippen LogP contribution >= 0.6 is 27.5 Å². The summed E-state index contributed by atoms with van der Waals surface area (Å²) >= 11 is 8.57. The van der Waals surface area contributed by atoms with Crippen LogP contribution in [-0.2, 0) is 5.88 Å². The number of hydrogen-bond donors (Lipinski definition) is 0. The minimum atomic E-state index is -2.72. The van der Waals surface area contributed by atoms with Gasteiger partial charge in [0.2, 0.25) is 0 Å². The lowest BCUT2D eigenvalue weighted by Gasteiger charge is -2.07. The van der Waals surface area contributed by atoms with Gasteiger partial charge in [0.25, 0.3) is 6.43 Å². The van der Waals surface area contributed by atoms with E-state index in [1.54, 1.807) is 6.07 Å². The Bertz CT molecular complexity index is 390. The van der Waals surface area contributed by atoms with Crippen molar-refractivity contribution in [2.45, 2.75) is 12.3 Å². The zero-order chi connectivity index (χ0) is 10.7. The van der Waals surface area contributed by atoms with Gasteiger partial charge in [-0.05, 0) is 15.9 Å². The van der Waals surface area contributed by atoms with Gasteiger partial charge >= 0.3 is 0 Å². The van der Waals surface area contributed by atoms with Crippen LogP contribution in [0.25, 0.3) is 0 Å². The summed E-state index contributed by atoms with van der Waals surface area (Å²) in [6, 6.07) is 1.70. The molecule has 0 aliphatic rings. The molecule has 0 spiro atoms. The molecule has 0 aromatic carbocycles. The number of alkyl halides is 3. The van der Waals surface area contributed by atoms with Crippen LogP contribution in [-0.4, -0.2) is 4.98 Å². The molecule has 0 amide bonds. The van der Waals surface area contributed by atoms with Crippen LogP contribution < -0.4 is 0 Å². The van der Waals surface area contributed by atoms with E-state index in [0.29, 0.717) is 10.2 Å². The van der Waals surface area contributed by atoms with Crippen LogP contribution in [0, 0.1) is 11.3 Å².